The van der Waals surface area contributed by atoms with Crippen molar-refractivity contribution in [3.05, 3.63) is 23.8 Å². The Hall–Kier alpha value is -3.14. The van der Waals surface area contributed by atoms with E-state index >= 15 is 0 Å². The van der Waals surface area contributed by atoms with Gasteiger partial charge in [0.2, 0.25) is 0 Å². The summed E-state index contributed by atoms with van der Waals surface area (Å²) in [5.74, 6) is -1.16. The second-order valence-electron chi connectivity index (χ2n) is 11.0. The molecule has 0 amide bonds. The standard InChI is InChI=1S/C29H45NO9/c1-16(2)12-26(31)38-24-11-10-22(15-25(24)39-27(32)13-17(3)4)14-23(30)28(33)35-20(8)21(9)37-29(34)36-19(7)18(5)6/h10-11,15-21,23H,12-14,30H2,1-9H3/t19?,20-,21-,23-/m0/s1. The summed E-state index contributed by atoms with van der Waals surface area (Å²) in [6.45, 7) is 16.3. The van der Waals surface area contributed by atoms with E-state index in [4.69, 9.17) is 29.4 Å². The number of hydrogen-bond acceptors (Lipinski definition) is 10. The van der Waals surface area contributed by atoms with Gasteiger partial charge in [0.15, 0.2) is 11.5 Å². The first-order chi connectivity index (χ1) is 18.1. The number of ether oxygens (including phenoxy) is 5. The molecule has 39 heavy (non-hydrogen) atoms. The number of benzene rings is 1. The highest BCUT2D eigenvalue weighted by Gasteiger charge is 2.26. The van der Waals surface area contributed by atoms with Crippen LogP contribution in [-0.4, -0.2) is 48.4 Å². The number of carbonyl (C=O) groups is 4. The zero-order valence-electron chi connectivity index (χ0n) is 24.6. The van der Waals surface area contributed by atoms with Gasteiger partial charge in [-0.1, -0.05) is 47.6 Å². The van der Waals surface area contributed by atoms with Crippen molar-refractivity contribution in [1.82, 2.24) is 0 Å². The molecular weight excluding hydrogens is 506 g/mol. The molecule has 1 aromatic rings. The summed E-state index contributed by atoms with van der Waals surface area (Å²) in [7, 11) is 0. The van der Waals surface area contributed by atoms with Gasteiger partial charge in [-0.3, -0.25) is 14.4 Å². The second kappa shape index (κ2) is 16.1. The SMILES string of the molecule is CC(C)CC(=O)Oc1ccc(C[C@H](N)C(=O)O[C@@H](C)[C@H](C)OC(=O)OC(C)C(C)C)cc1OC(=O)CC(C)C. The van der Waals surface area contributed by atoms with E-state index in [-0.39, 0.29) is 54.6 Å². The first-order valence-electron chi connectivity index (χ1n) is 13.5. The van der Waals surface area contributed by atoms with E-state index in [1.54, 1.807) is 26.8 Å². The Labute approximate surface area is 231 Å². The molecule has 0 bridgehead atoms. The minimum atomic E-state index is -1.05. The van der Waals surface area contributed by atoms with Crippen LogP contribution in [0.2, 0.25) is 0 Å². The van der Waals surface area contributed by atoms with Gasteiger partial charge in [0.1, 0.15) is 24.4 Å². The summed E-state index contributed by atoms with van der Waals surface area (Å²) < 4.78 is 26.7. The normalized spacial score (nSPS) is 14.4. The molecule has 10 nitrogen and oxygen atoms in total. The van der Waals surface area contributed by atoms with Crippen molar-refractivity contribution in [1.29, 1.82) is 0 Å². The summed E-state index contributed by atoms with van der Waals surface area (Å²) in [6.07, 6.45) is -2.27. The summed E-state index contributed by atoms with van der Waals surface area (Å²) in [4.78, 5) is 49.2. The largest absolute Gasteiger partial charge is 0.508 e. The monoisotopic (exact) mass is 551 g/mol. The summed E-state index contributed by atoms with van der Waals surface area (Å²) in [5.41, 5.74) is 6.66. The maximum Gasteiger partial charge on any atom is 0.508 e. The molecule has 1 aromatic carbocycles. The average molecular weight is 552 g/mol. The van der Waals surface area contributed by atoms with Crippen molar-refractivity contribution in [2.24, 2.45) is 23.5 Å². The van der Waals surface area contributed by atoms with Gasteiger partial charge < -0.3 is 29.4 Å². The molecule has 1 unspecified atom stereocenters. The van der Waals surface area contributed by atoms with E-state index in [2.05, 4.69) is 0 Å². The fourth-order valence-corrected chi connectivity index (χ4v) is 3.11. The van der Waals surface area contributed by atoms with Crippen molar-refractivity contribution < 1.29 is 42.9 Å². The van der Waals surface area contributed by atoms with Gasteiger partial charge in [-0.25, -0.2) is 4.79 Å². The zero-order valence-corrected chi connectivity index (χ0v) is 24.6. The van der Waals surface area contributed by atoms with E-state index < -0.39 is 42.3 Å². The van der Waals surface area contributed by atoms with E-state index in [0.29, 0.717) is 5.56 Å². The molecule has 0 aliphatic carbocycles. The van der Waals surface area contributed by atoms with Gasteiger partial charge in [-0.2, -0.15) is 0 Å². The van der Waals surface area contributed by atoms with Gasteiger partial charge in [0.25, 0.3) is 0 Å². The van der Waals surface area contributed by atoms with Crippen molar-refractivity contribution in [3.8, 4) is 11.5 Å². The van der Waals surface area contributed by atoms with Crippen LogP contribution < -0.4 is 15.2 Å². The van der Waals surface area contributed by atoms with Crippen molar-refractivity contribution >= 4 is 24.1 Å². The molecule has 0 aliphatic heterocycles. The molecule has 0 radical (unpaired) electrons. The third-order valence-electron chi connectivity index (χ3n) is 5.83. The molecule has 2 N–H and O–H groups in total. The van der Waals surface area contributed by atoms with E-state index in [1.807, 2.05) is 41.5 Å². The Morgan fingerprint density at radius 2 is 1.18 bits per heavy atom. The van der Waals surface area contributed by atoms with Crippen LogP contribution in [0.15, 0.2) is 18.2 Å². The van der Waals surface area contributed by atoms with E-state index in [9.17, 15) is 19.2 Å². The van der Waals surface area contributed by atoms with Crippen LogP contribution in [0.4, 0.5) is 4.79 Å². The maximum absolute atomic E-state index is 12.6. The van der Waals surface area contributed by atoms with Crippen LogP contribution in [0.5, 0.6) is 11.5 Å². The first-order valence-corrected chi connectivity index (χ1v) is 13.5. The third-order valence-corrected chi connectivity index (χ3v) is 5.83. The Bertz CT molecular complexity index is 974. The van der Waals surface area contributed by atoms with Gasteiger partial charge >= 0.3 is 24.1 Å². The summed E-state index contributed by atoms with van der Waals surface area (Å²) >= 11 is 0. The van der Waals surface area contributed by atoms with Crippen molar-refractivity contribution in [2.75, 3.05) is 0 Å². The predicted molar refractivity (Wildman–Crippen MR) is 145 cm³/mol. The highest BCUT2D eigenvalue weighted by Crippen LogP contribution is 2.30. The number of hydrogen-bond donors (Lipinski definition) is 1. The maximum atomic E-state index is 12.6. The molecule has 0 aliphatic rings. The molecule has 0 saturated heterocycles. The Kier molecular flexibility index (Phi) is 14.0. The lowest BCUT2D eigenvalue weighted by molar-refractivity contribution is -0.156. The molecular formula is C29H45NO9. The fraction of sp³-hybridized carbons (Fsp3) is 0.655. The van der Waals surface area contributed by atoms with Crippen LogP contribution in [0.25, 0.3) is 0 Å². The minimum Gasteiger partial charge on any atom is -0.458 e. The smallest absolute Gasteiger partial charge is 0.458 e. The number of carbonyl (C=O) groups excluding carboxylic acids is 4. The van der Waals surface area contributed by atoms with Crippen molar-refractivity contribution in [3.63, 3.8) is 0 Å². The molecule has 10 heteroatoms. The van der Waals surface area contributed by atoms with Gasteiger partial charge in [0, 0.05) is 12.8 Å². The molecule has 0 aromatic heterocycles. The first kappa shape index (κ1) is 33.9. The van der Waals surface area contributed by atoms with Crippen LogP contribution in [0, 0.1) is 17.8 Å². The number of esters is 3. The Balaban J connectivity index is 2.88. The van der Waals surface area contributed by atoms with Gasteiger partial charge in [-0.05, 0) is 62.6 Å². The molecule has 0 heterocycles. The molecule has 1 rings (SSSR count). The topological polar surface area (TPSA) is 140 Å². The molecule has 220 valence electrons. The lowest BCUT2D eigenvalue weighted by Crippen LogP contribution is -2.39. The molecule has 0 fully saturated rings. The van der Waals surface area contributed by atoms with Crippen LogP contribution in [0.1, 0.15) is 80.7 Å². The van der Waals surface area contributed by atoms with E-state index in [1.165, 1.54) is 12.1 Å². The summed E-state index contributed by atoms with van der Waals surface area (Å²) in [5, 5.41) is 0. The fourth-order valence-electron chi connectivity index (χ4n) is 3.11. The van der Waals surface area contributed by atoms with Gasteiger partial charge in [0.05, 0.1) is 0 Å². The molecule has 0 spiro atoms. The average Bonchev–Trinajstić information content (AvgIpc) is 2.79. The highest BCUT2D eigenvalue weighted by molar-refractivity contribution is 5.77. The quantitative estimate of drug-likeness (QED) is 0.249. The van der Waals surface area contributed by atoms with Crippen molar-refractivity contribution in [2.45, 2.75) is 106 Å². The Morgan fingerprint density at radius 1 is 0.692 bits per heavy atom. The Morgan fingerprint density at radius 3 is 1.69 bits per heavy atom. The predicted octanol–water partition coefficient (Wildman–Crippen LogP) is 4.98. The highest BCUT2D eigenvalue weighted by atomic mass is 16.7. The lowest BCUT2D eigenvalue weighted by Gasteiger charge is -2.23. The number of rotatable bonds is 14. The zero-order chi connectivity index (χ0) is 29.9. The van der Waals surface area contributed by atoms with E-state index in [0.717, 1.165) is 0 Å². The lowest BCUT2D eigenvalue weighted by atomic mass is 10.1. The summed E-state index contributed by atoms with van der Waals surface area (Å²) in [6, 6.07) is 3.60. The van der Waals surface area contributed by atoms with Crippen LogP contribution in [-0.2, 0) is 35.0 Å². The van der Waals surface area contributed by atoms with Gasteiger partial charge in [-0.15, -0.1) is 0 Å². The van der Waals surface area contributed by atoms with Crippen LogP contribution in [0.3, 0.4) is 0 Å². The second-order valence-corrected chi connectivity index (χ2v) is 11.0. The number of nitrogens with two attached hydrogens (primary N) is 1. The minimum absolute atomic E-state index is 0.0592. The van der Waals surface area contributed by atoms with Crippen LogP contribution >= 0.6 is 0 Å². The molecule has 0 saturated carbocycles. The molecule has 4 atom stereocenters. The third kappa shape index (κ3) is 13.0.